The molecule has 1 heterocycles. The third-order valence-electron chi connectivity index (χ3n) is 4.49. The standard InChI is InChI=1S/C19H27NO7S/c1-13(2)10-20(14-8-9-28(23,24)12-14)17(21)11-27-19(22)18-15(25-3)6-5-7-16(18)26-4/h5-7,13-14H,8-12H2,1-4H3/t14-/m0/s1. The van der Waals surface area contributed by atoms with Crippen molar-refractivity contribution in [1.82, 2.24) is 4.90 Å². The number of nitrogens with zero attached hydrogens (tertiary/aromatic N) is 1. The third-order valence-corrected chi connectivity index (χ3v) is 6.24. The van der Waals surface area contributed by atoms with Crippen LogP contribution in [0.1, 0.15) is 30.6 Å². The summed E-state index contributed by atoms with van der Waals surface area (Å²) < 4.78 is 39.2. The second kappa shape index (κ2) is 9.27. The highest BCUT2D eigenvalue weighted by Crippen LogP contribution is 2.29. The summed E-state index contributed by atoms with van der Waals surface area (Å²) in [6, 6.07) is 4.47. The molecule has 9 heteroatoms. The summed E-state index contributed by atoms with van der Waals surface area (Å²) in [5.74, 6) is -0.450. The monoisotopic (exact) mass is 413 g/mol. The largest absolute Gasteiger partial charge is 0.496 e. The van der Waals surface area contributed by atoms with Crippen LogP contribution in [0.2, 0.25) is 0 Å². The van der Waals surface area contributed by atoms with Gasteiger partial charge >= 0.3 is 5.97 Å². The Morgan fingerprint density at radius 3 is 2.25 bits per heavy atom. The van der Waals surface area contributed by atoms with E-state index in [9.17, 15) is 18.0 Å². The molecule has 0 saturated carbocycles. The van der Waals surface area contributed by atoms with Gasteiger partial charge in [0.1, 0.15) is 17.1 Å². The number of amides is 1. The molecule has 0 aromatic heterocycles. The number of carbonyl (C=O) groups excluding carboxylic acids is 2. The lowest BCUT2D eigenvalue weighted by atomic mass is 10.1. The highest BCUT2D eigenvalue weighted by atomic mass is 32.2. The molecular weight excluding hydrogens is 386 g/mol. The summed E-state index contributed by atoms with van der Waals surface area (Å²) in [6.45, 7) is 3.79. The number of hydrogen-bond acceptors (Lipinski definition) is 7. The van der Waals surface area contributed by atoms with Crippen LogP contribution in [0.15, 0.2) is 18.2 Å². The van der Waals surface area contributed by atoms with E-state index in [0.29, 0.717) is 13.0 Å². The lowest BCUT2D eigenvalue weighted by Gasteiger charge is -2.29. The minimum absolute atomic E-state index is 0.0558. The fourth-order valence-electron chi connectivity index (χ4n) is 3.20. The van der Waals surface area contributed by atoms with Gasteiger partial charge in [-0.2, -0.15) is 0 Å². The molecule has 28 heavy (non-hydrogen) atoms. The number of methoxy groups -OCH3 is 2. The average Bonchev–Trinajstić information content (AvgIpc) is 3.02. The molecule has 0 N–H and O–H groups in total. The van der Waals surface area contributed by atoms with Crippen molar-refractivity contribution in [1.29, 1.82) is 0 Å². The lowest BCUT2D eigenvalue weighted by Crippen LogP contribution is -2.45. The maximum absolute atomic E-state index is 12.7. The van der Waals surface area contributed by atoms with Gasteiger partial charge in [0.2, 0.25) is 0 Å². The van der Waals surface area contributed by atoms with E-state index in [0.717, 1.165) is 0 Å². The summed E-state index contributed by atoms with van der Waals surface area (Å²) >= 11 is 0. The molecule has 0 aliphatic carbocycles. The Bertz CT molecular complexity index is 797. The van der Waals surface area contributed by atoms with Crippen LogP contribution in [0.5, 0.6) is 11.5 Å². The summed E-state index contributed by atoms with van der Waals surface area (Å²) in [5, 5.41) is 0. The Hall–Kier alpha value is -2.29. The molecule has 2 rings (SSSR count). The Balaban J connectivity index is 2.11. The number of benzene rings is 1. The number of sulfone groups is 1. The van der Waals surface area contributed by atoms with E-state index in [-0.39, 0.29) is 40.5 Å². The quantitative estimate of drug-likeness (QED) is 0.596. The molecule has 1 atom stereocenters. The van der Waals surface area contributed by atoms with Crippen molar-refractivity contribution in [3.63, 3.8) is 0 Å². The molecule has 1 aliphatic heterocycles. The molecule has 0 unspecified atom stereocenters. The van der Waals surface area contributed by atoms with Crippen LogP contribution in [0, 0.1) is 5.92 Å². The topological polar surface area (TPSA) is 99.2 Å². The van der Waals surface area contributed by atoms with Gasteiger partial charge in [-0.15, -0.1) is 0 Å². The van der Waals surface area contributed by atoms with E-state index in [1.807, 2.05) is 13.8 Å². The predicted molar refractivity (Wildman–Crippen MR) is 103 cm³/mol. The van der Waals surface area contributed by atoms with Gasteiger partial charge in [-0.1, -0.05) is 19.9 Å². The van der Waals surface area contributed by atoms with Gasteiger partial charge in [0, 0.05) is 12.6 Å². The number of esters is 1. The first-order valence-corrected chi connectivity index (χ1v) is 10.9. The maximum atomic E-state index is 12.7. The zero-order chi connectivity index (χ0) is 20.9. The molecule has 1 aromatic carbocycles. The fraction of sp³-hybridized carbons (Fsp3) is 0.579. The molecule has 1 aromatic rings. The van der Waals surface area contributed by atoms with Crippen LogP contribution in [0.3, 0.4) is 0 Å². The normalized spacial score (nSPS) is 18.0. The summed E-state index contributed by atoms with van der Waals surface area (Å²) in [7, 11) is -0.300. The molecule has 1 aliphatic rings. The first-order chi connectivity index (χ1) is 13.2. The van der Waals surface area contributed by atoms with Crippen LogP contribution < -0.4 is 9.47 Å². The number of ether oxygens (including phenoxy) is 3. The molecule has 0 spiro atoms. The molecule has 0 bridgehead atoms. The zero-order valence-electron chi connectivity index (χ0n) is 16.6. The van der Waals surface area contributed by atoms with E-state index < -0.39 is 28.3 Å². The van der Waals surface area contributed by atoms with Crippen molar-refractivity contribution in [3.05, 3.63) is 23.8 Å². The van der Waals surface area contributed by atoms with E-state index in [4.69, 9.17) is 14.2 Å². The van der Waals surface area contributed by atoms with E-state index >= 15 is 0 Å². The molecule has 1 amide bonds. The average molecular weight is 413 g/mol. The highest BCUT2D eigenvalue weighted by molar-refractivity contribution is 7.91. The molecule has 1 fully saturated rings. The molecular formula is C19H27NO7S. The second-order valence-corrected chi connectivity index (χ2v) is 9.34. The van der Waals surface area contributed by atoms with Crippen LogP contribution in [0.4, 0.5) is 0 Å². The smallest absolute Gasteiger partial charge is 0.346 e. The summed E-state index contributed by atoms with van der Waals surface area (Å²) in [4.78, 5) is 26.8. The summed E-state index contributed by atoms with van der Waals surface area (Å²) in [6.07, 6.45) is 0.398. The van der Waals surface area contributed by atoms with E-state index in [1.165, 1.54) is 19.1 Å². The minimum Gasteiger partial charge on any atom is -0.496 e. The first kappa shape index (κ1) is 22.0. The Kier molecular flexibility index (Phi) is 7.29. The van der Waals surface area contributed by atoms with Crippen LogP contribution >= 0.6 is 0 Å². The third kappa shape index (κ3) is 5.37. The van der Waals surface area contributed by atoms with Crippen molar-refractivity contribution < 1.29 is 32.2 Å². The van der Waals surface area contributed by atoms with E-state index in [2.05, 4.69) is 0 Å². The number of hydrogen-bond donors (Lipinski definition) is 0. The Morgan fingerprint density at radius 2 is 1.79 bits per heavy atom. The highest BCUT2D eigenvalue weighted by Gasteiger charge is 2.35. The molecule has 8 nitrogen and oxygen atoms in total. The predicted octanol–water partition coefficient (Wildman–Crippen LogP) is 1.53. The molecule has 156 valence electrons. The zero-order valence-corrected chi connectivity index (χ0v) is 17.5. The second-order valence-electron chi connectivity index (χ2n) is 7.11. The fourth-order valence-corrected chi connectivity index (χ4v) is 4.93. The maximum Gasteiger partial charge on any atom is 0.346 e. The van der Waals surface area contributed by atoms with Crippen molar-refractivity contribution in [2.24, 2.45) is 5.92 Å². The van der Waals surface area contributed by atoms with E-state index in [1.54, 1.807) is 18.2 Å². The SMILES string of the molecule is COc1cccc(OC)c1C(=O)OCC(=O)N(CC(C)C)[C@H]1CCS(=O)(=O)C1. The van der Waals surface area contributed by atoms with Gasteiger partial charge in [-0.05, 0) is 24.5 Å². The molecule has 1 saturated heterocycles. The van der Waals surface area contributed by atoms with Gasteiger partial charge in [-0.25, -0.2) is 13.2 Å². The Labute approximate surface area is 165 Å². The van der Waals surface area contributed by atoms with Crippen molar-refractivity contribution in [2.75, 3.05) is 38.9 Å². The minimum atomic E-state index is -3.14. The van der Waals surface area contributed by atoms with Crippen molar-refractivity contribution in [3.8, 4) is 11.5 Å². The van der Waals surface area contributed by atoms with Crippen molar-refractivity contribution >= 4 is 21.7 Å². The van der Waals surface area contributed by atoms with Crippen molar-refractivity contribution in [2.45, 2.75) is 26.3 Å². The van der Waals surface area contributed by atoms with Gasteiger partial charge in [-0.3, -0.25) is 4.79 Å². The van der Waals surface area contributed by atoms with Crippen LogP contribution in [-0.4, -0.2) is 70.1 Å². The molecule has 0 radical (unpaired) electrons. The van der Waals surface area contributed by atoms with Gasteiger partial charge in [0.05, 0.1) is 25.7 Å². The van der Waals surface area contributed by atoms with Crippen LogP contribution in [-0.2, 0) is 19.4 Å². The number of carbonyl (C=O) groups is 2. The summed E-state index contributed by atoms with van der Waals surface area (Å²) in [5.41, 5.74) is 0.0964. The van der Waals surface area contributed by atoms with Crippen LogP contribution in [0.25, 0.3) is 0 Å². The Morgan fingerprint density at radius 1 is 1.18 bits per heavy atom. The first-order valence-electron chi connectivity index (χ1n) is 9.06. The van der Waals surface area contributed by atoms with Gasteiger partial charge in [0.15, 0.2) is 16.4 Å². The van der Waals surface area contributed by atoms with Gasteiger partial charge < -0.3 is 19.1 Å². The number of rotatable bonds is 8. The lowest BCUT2D eigenvalue weighted by molar-refractivity contribution is -0.137. The van der Waals surface area contributed by atoms with Gasteiger partial charge in [0.25, 0.3) is 5.91 Å².